The molecule has 0 amide bonds. The van der Waals surface area contributed by atoms with E-state index in [9.17, 15) is 0 Å². The first-order valence-electron chi connectivity index (χ1n) is 8.08. The average Bonchev–Trinajstić information content (AvgIpc) is 2.80. The smallest absolute Gasteiger partial charge is 0.0101 e. The van der Waals surface area contributed by atoms with Crippen LogP contribution in [-0.2, 0) is 12.8 Å². The van der Waals surface area contributed by atoms with Gasteiger partial charge in [-0.05, 0) is 67.1 Å². The van der Waals surface area contributed by atoms with Gasteiger partial charge in [0.15, 0.2) is 0 Å². The van der Waals surface area contributed by atoms with E-state index in [-0.39, 0.29) is 0 Å². The Hall–Kier alpha value is -1.60. The maximum Gasteiger partial charge on any atom is 0.0101 e. The van der Waals surface area contributed by atoms with E-state index < -0.39 is 0 Å². The molecule has 0 spiro atoms. The maximum atomic E-state index is 2.38. The Morgan fingerprint density at radius 2 is 1.81 bits per heavy atom. The van der Waals surface area contributed by atoms with Crippen LogP contribution >= 0.6 is 0 Å². The molecule has 21 heavy (non-hydrogen) atoms. The van der Waals surface area contributed by atoms with Crippen LogP contribution < -0.4 is 0 Å². The molecule has 0 fully saturated rings. The van der Waals surface area contributed by atoms with E-state index >= 15 is 0 Å². The lowest BCUT2D eigenvalue weighted by Gasteiger charge is -2.23. The van der Waals surface area contributed by atoms with Crippen molar-refractivity contribution in [3.8, 4) is 0 Å². The van der Waals surface area contributed by atoms with E-state index in [0.29, 0.717) is 5.92 Å². The van der Waals surface area contributed by atoms with E-state index in [1.54, 1.807) is 27.8 Å². The highest BCUT2D eigenvalue weighted by Gasteiger charge is 2.38. The van der Waals surface area contributed by atoms with Gasteiger partial charge in [-0.3, -0.25) is 0 Å². The van der Waals surface area contributed by atoms with Crippen LogP contribution in [0.15, 0.2) is 42.5 Å². The van der Waals surface area contributed by atoms with Gasteiger partial charge in [-0.2, -0.15) is 0 Å². The lowest BCUT2D eigenvalue weighted by molar-refractivity contribution is 0.412. The number of hydrogen-bond donors (Lipinski definition) is 0. The Balaban J connectivity index is 1.76. The minimum atomic E-state index is 0.647. The van der Waals surface area contributed by atoms with Crippen molar-refractivity contribution in [3.63, 3.8) is 0 Å². The summed E-state index contributed by atoms with van der Waals surface area (Å²) in [6.07, 6.45) is 3.74. The van der Waals surface area contributed by atoms with Crippen molar-refractivity contribution in [2.75, 3.05) is 20.6 Å². The molecule has 2 aliphatic rings. The summed E-state index contributed by atoms with van der Waals surface area (Å²) in [7, 11) is 4.33. The first-order chi connectivity index (χ1) is 10.2. The van der Waals surface area contributed by atoms with Gasteiger partial charge >= 0.3 is 0 Å². The molecule has 2 bridgehead atoms. The fourth-order valence-corrected chi connectivity index (χ4v) is 4.33. The fourth-order valence-electron chi connectivity index (χ4n) is 4.33. The summed E-state index contributed by atoms with van der Waals surface area (Å²) in [5, 5.41) is 0. The SMILES string of the molecule is CN(C)CCc1cccc2c1C1Cc3ccccc3C2C1. The van der Waals surface area contributed by atoms with E-state index in [4.69, 9.17) is 0 Å². The largest absolute Gasteiger partial charge is 0.309 e. The van der Waals surface area contributed by atoms with Gasteiger partial charge in [0, 0.05) is 12.5 Å². The van der Waals surface area contributed by atoms with E-state index in [2.05, 4.69) is 61.5 Å². The summed E-state index contributed by atoms with van der Waals surface area (Å²) < 4.78 is 0. The Morgan fingerprint density at radius 1 is 1.00 bits per heavy atom. The molecule has 2 atom stereocenters. The lowest BCUT2D eigenvalue weighted by atomic mass is 9.81. The van der Waals surface area contributed by atoms with Crippen molar-refractivity contribution in [1.82, 2.24) is 4.90 Å². The lowest BCUT2D eigenvalue weighted by Crippen LogP contribution is -2.16. The summed E-state index contributed by atoms with van der Waals surface area (Å²) in [6, 6.07) is 16.1. The number of fused-ring (bicyclic) bond motifs is 7. The molecule has 0 saturated carbocycles. The normalized spacial score (nSPS) is 22.2. The van der Waals surface area contributed by atoms with Gasteiger partial charge in [-0.25, -0.2) is 0 Å². The standard InChI is InChI=1S/C20H23N/c1-21(2)11-10-14-7-5-9-18-19-13-16(20(14)18)12-15-6-3-4-8-17(15)19/h3-9,16,19H,10-13H2,1-2H3. The Bertz CT molecular complexity index is 671. The molecule has 0 aliphatic heterocycles. The first kappa shape index (κ1) is 13.1. The van der Waals surface area contributed by atoms with Crippen LogP contribution in [0.5, 0.6) is 0 Å². The fraction of sp³-hybridized carbons (Fsp3) is 0.400. The maximum absolute atomic E-state index is 2.38. The highest BCUT2D eigenvalue weighted by Crippen LogP contribution is 2.52. The van der Waals surface area contributed by atoms with Gasteiger partial charge in [0.2, 0.25) is 0 Å². The predicted octanol–water partition coefficient (Wildman–Crippen LogP) is 3.97. The molecular weight excluding hydrogens is 254 g/mol. The second-order valence-corrected chi connectivity index (χ2v) is 6.86. The average molecular weight is 277 g/mol. The summed E-state index contributed by atoms with van der Waals surface area (Å²) in [5.41, 5.74) is 8.04. The van der Waals surface area contributed by atoms with Crippen LogP contribution in [0.25, 0.3) is 0 Å². The summed E-state index contributed by atoms with van der Waals surface area (Å²) in [6.45, 7) is 1.14. The zero-order valence-corrected chi connectivity index (χ0v) is 13.0. The zero-order valence-electron chi connectivity index (χ0n) is 13.0. The molecule has 2 aromatic rings. The minimum absolute atomic E-state index is 0.647. The quantitative estimate of drug-likeness (QED) is 0.820. The van der Waals surface area contributed by atoms with Crippen LogP contribution in [0.2, 0.25) is 0 Å². The molecular formula is C20H23N. The van der Waals surface area contributed by atoms with Crippen molar-refractivity contribution in [2.24, 2.45) is 0 Å². The van der Waals surface area contributed by atoms with Crippen LogP contribution in [0.1, 0.15) is 46.1 Å². The second-order valence-electron chi connectivity index (χ2n) is 6.86. The number of rotatable bonds is 3. The van der Waals surface area contributed by atoms with Gasteiger partial charge < -0.3 is 4.90 Å². The molecule has 1 nitrogen and oxygen atoms in total. The first-order valence-corrected chi connectivity index (χ1v) is 8.08. The number of likely N-dealkylation sites (N-methyl/N-ethyl adjacent to an activating group) is 1. The third kappa shape index (κ3) is 2.11. The van der Waals surface area contributed by atoms with Gasteiger partial charge in [0.1, 0.15) is 0 Å². The molecule has 0 heterocycles. The molecule has 0 saturated heterocycles. The van der Waals surface area contributed by atoms with Crippen molar-refractivity contribution in [3.05, 3.63) is 70.3 Å². The molecule has 2 aliphatic carbocycles. The molecule has 0 aromatic heterocycles. The van der Waals surface area contributed by atoms with Gasteiger partial charge in [-0.1, -0.05) is 42.5 Å². The van der Waals surface area contributed by atoms with Crippen molar-refractivity contribution in [2.45, 2.75) is 31.1 Å². The van der Waals surface area contributed by atoms with Crippen molar-refractivity contribution >= 4 is 0 Å². The molecule has 1 heteroatoms. The highest BCUT2D eigenvalue weighted by atomic mass is 15.0. The van der Waals surface area contributed by atoms with E-state index in [1.165, 1.54) is 19.3 Å². The Kier molecular flexibility index (Phi) is 3.11. The third-order valence-corrected chi connectivity index (χ3v) is 5.26. The topological polar surface area (TPSA) is 3.24 Å². The summed E-state index contributed by atoms with van der Waals surface area (Å²) >= 11 is 0. The summed E-state index contributed by atoms with van der Waals surface area (Å²) in [5.74, 6) is 1.40. The van der Waals surface area contributed by atoms with Gasteiger partial charge in [-0.15, -0.1) is 0 Å². The number of nitrogens with zero attached hydrogens (tertiary/aromatic N) is 1. The molecule has 2 unspecified atom stereocenters. The summed E-state index contributed by atoms with van der Waals surface area (Å²) in [4.78, 5) is 2.29. The number of benzene rings is 2. The van der Waals surface area contributed by atoms with Crippen LogP contribution in [0.3, 0.4) is 0 Å². The molecule has 0 radical (unpaired) electrons. The van der Waals surface area contributed by atoms with Crippen molar-refractivity contribution in [1.29, 1.82) is 0 Å². The van der Waals surface area contributed by atoms with Crippen molar-refractivity contribution < 1.29 is 0 Å². The van der Waals surface area contributed by atoms with Crippen LogP contribution in [0.4, 0.5) is 0 Å². The Morgan fingerprint density at radius 3 is 2.67 bits per heavy atom. The molecule has 0 N–H and O–H groups in total. The minimum Gasteiger partial charge on any atom is -0.309 e. The third-order valence-electron chi connectivity index (χ3n) is 5.26. The zero-order chi connectivity index (χ0) is 14.4. The monoisotopic (exact) mass is 277 g/mol. The molecule has 108 valence electrons. The predicted molar refractivity (Wildman–Crippen MR) is 88.0 cm³/mol. The highest BCUT2D eigenvalue weighted by molar-refractivity contribution is 5.54. The second kappa shape index (κ2) is 4.99. The van der Waals surface area contributed by atoms with Gasteiger partial charge in [0.05, 0.1) is 0 Å². The van der Waals surface area contributed by atoms with Gasteiger partial charge in [0.25, 0.3) is 0 Å². The number of hydrogen-bond acceptors (Lipinski definition) is 1. The molecule has 4 rings (SSSR count). The Labute approximate surface area is 127 Å². The van der Waals surface area contributed by atoms with E-state index in [0.717, 1.165) is 12.5 Å². The molecule has 2 aromatic carbocycles. The van der Waals surface area contributed by atoms with Crippen LogP contribution in [-0.4, -0.2) is 25.5 Å². The van der Waals surface area contributed by atoms with E-state index in [1.807, 2.05) is 0 Å². The van der Waals surface area contributed by atoms with Crippen LogP contribution in [0, 0.1) is 0 Å².